The Hall–Kier alpha value is -0.870. The predicted octanol–water partition coefficient (Wildman–Crippen LogP) is 2.06. The first kappa shape index (κ1) is 12.6. The van der Waals surface area contributed by atoms with E-state index < -0.39 is 21.0 Å². The Morgan fingerprint density at radius 1 is 1.29 bits per heavy atom. The van der Waals surface area contributed by atoms with Crippen LogP contribution in [-0.2, 0) is 14.6 Å². The summed E-state index contributed by atoms with van der Waals surface area (Å²) in [6, 6.07) is 7.00. The number of carbonyl (C=O) groups excluding carboxylic acids is 1. The fourth-order valence-electron chi connectivity index (χ4n) is 2.22. The summed E-state index contributed by atoms with van der Waals surface area (Å²) in [4.78, 5) is 10.9. The van der Waals surface area contributed by atoms with E-state index in [1.165, 1.54) is 0 Å². The lowest BCUT2D eigenvalue weighted by atomic mass is 10.1. The van der Waals surface area contributed by atoms with Crippen LogP contribution in [0, 0.1) is 5.92 Å². The third-order valence-corrected chi connectivity index (χ3v) is 5.73. The van der Waals surface area contributed by atoms with Crippen LogP contribution in [0.15, 0.2) is 24.3 Å². The van der Waals surface area contributed by atoms with E-state index in [4.69, 9.17) is 11.6 Å². The summed E-state index contributed by atoms with van der Waals surface area (Å²) in [6.07, 6.45) is 0.747. The highest BCUT2D eigenvalue weighted by Crippen LogP contribution is 2.51. The molecule has 0 amide bonds. The van der Waals surface area contributed by atoms with E-state index in [1.54, 1.807) is 31.2 Å². The van der Waals surface area contributed by atoms with Crippen molar-refractivity contribution < 1.29 is 13.2 Å². The van der Waals surface area contributed by atoms with Crippen molar-refractivity contribution in [3.8, 4) is 0 Å². The van der Waals surface area contributed by atoms with Gasteiger partial charge in [-0.2, -0.15) is 0 Å². The summed E-state index contributed by atoms with van der Waals surface area (Å²) in [7, 11) is -3.16. The van der Waals surface area contributed by atoms with Crippen molar-refractivity contribution >= 4 is 27.7 Å². The quantitative estimate of drug-likeness (QED) is 0.789. The molecule has 1 aromatic rings. The Morgan fingerprint density at radius 3 is 2.35 bits per heavy atom. The predicted molar refractivity (Wildman–Crippen MR) is 67.0 cm³/mol. The molecule has 92 valence electrons. The first-order valence-electron chi connectivity index (χ1n) is 5.43. The Balaban J connectivity index is 2.29. The van der Waals surface area contributed by atoms with Crippen molar-refractivity contribution in [1.82, 2.24) is 0 Å². The fraction of sp³-hybridized carbons (Fsp3) is 0.417. The zero-order valence-electron chi connectivity index (χ0n) is 9.34. The molecule has 1 fully saturated rings. The SMILES string of the molecule is CCS(=O)(=O)[C@H]1[C@H](C=O)[C@@H]1c1ccc(Cl)cc1. The number of aldehydes is 1. The fourth-order valence-corrected chi connectivity index (χ4v) is 4.14. The maximum Gasteiger partial charge on any atom is 0.154 e. The minimum atomic E-state index is -3.16. The standard InChI is InChI=1S/C12H13ClO3S/c1-2-17(15,16)12-10(7-14)11(12)8-3-5-9(13)6-4-8/h3-7,10-12H,2H2,1H3/t10-,11+,12+/m1/s1. The van der Waals surface area contributed by atoms with Gasteiger partial charge in [0.1, 0.15) is 6.29 Å². The zero-order valence-corrected chi connectivity index (χ0v) is 10.9. The lowest BCUT2D eigenvalue weighted by Crippen LogP contribution is -2.12. The molecule has 2 rings (SSSR count). The second kappa shape index (κ2) is 4.42. The number of sulfone groups is 1. The summed E-state index contributed by atoms with van der Waals surface area (Å²) in [6.45, 7) is 1.61. The second-order valence-electron chi connectivity index (χ2n) is 4.21. The van der Waals surface area contributed by atoms with Gasteiger partial charge in [0, 0.05) is 22.6 Å². The smallest absolute Gasteiger partial charge is 0.154 e. The van der Waals surface area contributed by atoms with Crippen molar-refractivity contribution in [3.05, 3.63) is 34.9 Å². The van der Waals surface area contributed by atoms with Gasteiger partial charge in [0.15, 0.2) is 9.84 Å². The van der Waals surface area contributed by atoms with Gasteiger partial charge < -0.3 is 4.79 Å². The Bertz CT molecular complexity index is 521. The molecule has 0 unspecified atom stereocenters. The molecule has 1 aliphatic carbocycles. The topological polar surface area (TPSA) is 51.2 Å². The van der Waals surface area contributed by atoms with Gasteiger partial charge in [-0.1, -0.05) is 30.7 Å². The number of hydrogen-bond donors (Lipinski definition) is 0. The molecule has 1 aliphatic rings. The van der Waals surface area contributed by atoms with Crippen LogP contribution in [0.5, 0.6) is 0 Å². The van der Waals surface area contributed by atoms with Crippen LogP contribution in [0.25, 0.3) is 0 Å². The van der Waals surface area contributed by atoms with Crippen molar-refractivity contribution in [1.29, 1.82) is 0 Å². The minimum Gasteiger partial charge on any atom is -0.303 e. The number of benzene rings is 1. The summed E-state index contributed by atoms with van der Waals surface area (Å²) in [5.41, 5.74) is 0.869. The van der Waals surface area contributed by atoms with Crippen LogP contribution >= 0.6 is 11.6 Å². The number of carbonyl (C=O) groups is 1. The molecular weight excluding hydrogens is 260 g/mol. The van der Waals surface area contributed by atoms with E-state index in [-0.39, 0.29) is 11.7 Å². The Morgan fingerprint density at radius 2 is 1.88 bits per heavy atom. The first-order chi connectivity index (χ1) is 8.01. The van der Waals surface area contributed by atoms with E-state index in [0.717, 1.165) is 11.8 Å². The third-order valence-electron chi connectivity index (χ3n) is 3.24. The maximum atomic E-state index is 11.8. The van der Waals surface area contributed by atoms with Crippen LogP contribution < -0.4 is 0 Å². The van der Waals surface area contributed by atoms with Crippen LogP contribution in [0.2, 0.25) is 5.02 Å². The van der Waals surface area contributed by atoms with E-state index in [0.29, 0.717) is 5.02 Å². The molecular formula is C12H13ClO3S. The normalized spacial score (nSPS) is 27.8. The average Bonchev–Trinajstić information content (AvgIpc) is 3.05. The first-order valence-corrected chi connectivity index (χ1v) is 7.53. The number of hydrogen-bond acceptors (Lipinski definition) is 3. The monoisotopic (exact) mass is 272 g/mol. The zero-order chi connectivity index (χ0) is 12.6. The molecule has 0 heterocycles. The van der Waals surface area contributed by atoms with Gasteiger partial charge in [-0.25, -0.2) is 8.42 Å². The maximum absolute atomic E-state index is 11.8. The number of rotatable bonds is 4. The molecule has 0 spiro atoms. The van der Waals surface area contributed by atoms with Gasteiger partial charge in [0.25, 0.3) is 0 Å². The summed E-state index contributed by atoms with van der Waals surface area (Å²) in [5.74, 6) is -0.526. The van der Waals surface area contributed by atoms with E-state index in [9.17, 15) is 13.2 Å². The summed E-state index contributed by atoms with van der Waals surface area (Å²) < 4.78 is 23.6. The lowest BCUT2D eigenvalue weighted by Gasteiger charge is -2.00. The Kier molecular flexibility index (Phi) is 3.27. The van der Waals surface area contributed by atoms with Crippen molar-refractivity contribution in [2.75, 3.05) is 5.75 Å². The van der Waals surface area contributed by atoms with Gasteiger partial charge >= 0.3 is 0 Å². The van der Waals surface area contributed by atoms with E-state index in [1.807, 2.05) is 0 Å². The van der Waals surface area contributed by atoms with Crippen molar-refractivity contribution in [2.45, 2.75) is 18.1 Å². The molecule has 0 bridgehead atoms. The Labute approximate surface area is 106 Å². The summed E-state index contributed by atoms with van der Waals surface area (Å²) in [5, 5.41) is 0.0538. The van der Waals surface area contributed by atoms with Gasteiger partial charge in [-0.05, 0) is 17.7 Å². The molecule has 3 atom stereocenters. The van der Waals surface area contributed by atoms with Gasteiger partial charge in [-0.15, -0.1) is 0 Å². The highest BCUT2D eigenvalue weighted by molar-refractivity contribution is 7.92. The van der Waals surface area contributed by atoms with E-state index in [2.05, 4.69) is 0 Å². The second-order valence-corrected chi connectivity index (χ2v) is 7.09. The highest BCUT2D eigenvalue weighted by Gasteiger charge is 2.57. The van der Waals surface area contributed by atoms with Crippen LogP contribution in [0.4, 0.5) is 0 Å². The van der Waals surface area contributed by atoms with Crippen LogP contribution in [0.1, 0.15) is 18.4 Å². The van der Waals surface area contributed by atoms with Gasteiger partial charge in [0.05, 0.1) is 5.25 Å². The molecule has 0 N–H and O–H groups in total. The largest absolute Gasteiger partial charge is 0.303 e. The minimum absolute atomic E-state index is 0.0755. The molecule has 3 nitrogen and oxygen atoms in total. The van der Waals surface area contributed by atoms with Crippen LogP contribution in [-0.4, -0.2) is 25.7 Å². The van der Waals surface area contributed by atoms with Crippen molar-refractivity contribution in [3.63, 3.8) is 0 Å². The summed E-state index contributed by atoms with van der Waals surface area (Å²) >= 11 is 5.77. The molecule has 5 heteroatoms. The molecule has 0 aromatic heterocycles. The third kappa shape index (κ3) is 2.24. The molecule has 0 radical (unpaired) electrons. The van der Waals surface area contributed by atoms with Crippen LogP contribution in [0.3, 0.4) is 0 Å². The molecule has 17 heavy (non-hydrogen) atoms. The molecule has 1 saturated carbocycles. The molecule has 0 aliphatic heterocycles. The van der Waals surface area contributed by atoms with Crippen molar-refractivity contribution in [2.24, 2.45) is 5.92 Å². The lowest BCUT2D eigenvalue weighted by molar-refractivity contribution is -0.108. The van der Waals surface area contributed by atoms with Gasteiger partial charge in [0.2, 0.25) is 0 Å². The average molecular weight is 273 g/mol. The van der Waals surface area contributed by atoms with Gasteiger partial charge in [-0.3, -0.25) is 0 Å². The number of halogens is 1. The molecule has 0 saturated heterocycles. The van der Waals surface area contributed by atoms with E-state index >= 15 is 0 Å². The highest BCUT2D eigenvalue weighted by atomic mass is 35.5. The molecule has 1 aromatic carbocycles.